The highest BCUT2D eigenvalue weighted by atomic mass is 16.7. The number of nitrogens with two attached hydrogens (primary N) is 1. The largest absolute Gasteiger partial charge is 0.500 e. The molecule has 0 amide bonds. The molecule has 1 unspecified atom stereocenters. The molecule has 0 aromatic heterocycles. The monoisotopic (exact) mass is 221 g/mol. The molecule has 1 rings (SSSR count). The van der Waals surface area contributed by atoms with E-state index in [0.29, 0.717) is 0 Å². The molecular weight excluding hydrogens is 210 g/mol. The minimum absolute atomic E-state index is 1.02. The van der Waals surface area contributed by atoms with Gasteiger partial charge in [0.05, 0.1) is 0 Å². The van der Waals surface area contributed by atoms with Gasteiger partial charge in [-0.05, 0) is 0 Å². The Morgan fingerprint density at radius 2 is 1.87 bits per heavy atom. The van der Waals surface area contributed by atoms with Crippen LogP contribution in [0.1, 0.15) is 0 Å². The van der Waals surface area contributed by atoms with Crippen molar-refractivity contribution in [2.24, 2.45) is 5.73 Å². The topological polar surface area (TPSA) is 153 Å². The summed E-state index contributed by atoms with van der Waals surface area (Å²) in [5.74, 6) is -2.73. The molecule has 5 atom stereocenters. The van der Waals surface area contributed by atoms with Crippen LogP contribution in [0.3, 0.4) is 0 Å². The van der Waals surface area contributed by atoms with Crippen molar-refractivity contribution in [2.45, 2.75) is 30.3 Å². The smallest absolute Gasteiger partial charge is 0.253 e. The van der Waals surface area contributed by atoms with Gasteiger partial charge in [0.1, 0.15) is 12.2 Å². The number of rotatable bonds is 1. The fraction of sp³-hybridized carbons (Fsp3) is 0.714. The number of aliphatic hydroxyl groups is 5. The normalized spacial score (nSPS) is 45.9. The van der Waals surface area contributed by atoms with E-state index in [1.54, 1.807) is 0 Å². The summed E-state index contributed by atoms with van der Waals surface area (Å²) in [6.07, 6.45) is -7.38. The maximum atomic E-state index is 10.1. The number of hydrogen-bond donors (Lipinski definition) is 6. The van der Waals surface area contributed by atoms with E-state index in [4.69, 9.17) is 15.9 Å². The first-order valence-electron chi connectivity index (χ1n) is 3.98. The van der Waals surface area contributed by atoms with Gasteiger partial charge in [0.15, 0.2) is 18.1 Å². The minimum atomic E-state index is -2.67. The molecule has 0 bridgehead atoms. The van der Waals surface area contributed by atoms with Crippen LogP contribution in [0.25, 0.3) is 0 Å². The van der Waals surface area contributed by atoms with Gasteiger partial charge in [-0.3, -0.25) is 5.73 Å². The summed E-state index contributed by atoms with van der Waals surface area (Å²) >= 11 is 0. The van der Waals surface area contributed by atoms with Gasteiger partial charge in [-0.2, -0.15) is 0 Å². The van der Waals surface area contributed by atoms with Gasteiger partial charge in [-0.25, -0.2) is 4.79 Å². The molecule has 1 heterocycles. The van der Waals surface area contributed by atoms with E-state index in [0.717, 1.165) is 5.94 Å². The van der Waals surface area contributed by atoms with E-state index in [-0.39, 0.29) is 0 Å². The minimum Gasteiger partial charge on any atom is -0.500 e. The fourth-order valence-corrected chi connectivity index (χ4v) is 1.23. The summed E-state index contributed by atoms with van der Waals surface area (Å²) in [6.45, 7) is 0. The highest BCUT2D eigenvalue weighted by molar-refractivity contribution is 5.50. The molecule has 15 heavy (non-hydrogen) atoms. The Hall–Kier alpha value is -0.990. The zero-order valence-corrected chi connectivity index (χ0v) is 7.44. The van der Waals surface area contributed by atoms with Crippen molar-refractivity contribution in [3.63, 3.8) is 0 Å². The summed E-state index contributed by atoms with van der Waals surface area (Å²) < 4.78 is 4.45. The molecule has 7 N–H and O–H groups in total. The molecule has 1 aliphatic rings. The molecule has 1 fully saturated rings. The molecule has 8 heteroatoms. The Bertz CT molecular complexity index is 298. The maximum Gasteiger partial charge on any atom is 0.253 e. The molecule has 8 nitrogen and oxygen atoms in total. The Morgan fingerprint density at radius 3 is 2.33 bits per heavy atom. The van der Waals surface area contributed by atoms with Crippen molar-refractivity contribution >= 4 is 5.94 Å². The SMILES string of the molecule is NC1(O)O[C@H](C(O)=C=O)[C@@H](O)[C@H](O)[C@H]1O. The fourth-order valence-electron chi connectivity index (χ4n) is 1.23. The van der Waals surface area contributed by atoms with Crippen molar-refractivity contribution in [1.29, 1.82) is 0 Å². The van der Waals surface area contributed by atoms with E-state index in [9.17, 15) is 20.1 Å². The van der Waals surface area contributed by atoms with E-state index in [1.807, 2.05) is 0 Å². The molecule has 0 aromatic rings. The van der Waals surface area contributed by atoms with E-state index in [2.05, 4.69) is 4.74 Å². The first-order chi connectivity index (χ1) is 6.81. The first kappa shape index (κ1) is 12.1. The van der Waals surface area contributed by atoms with Crippen LogP contribution in [0, 0.1) is 0 Å². The Labute approximate surface area is 83.8 Å². The van der Waals surface area contributed by atoms with Crippen LogP contribution in [-0.2, 0) is 9.53 Å². The Kier molecular flexibility index (Phi) is 3.12. The van der Waals surface area contributed by atoms with Gasteiger partial charge >= 0.3 is 0 Å². The summed E-state index contributed by atoms with van der Waals surface area (Å²) in [6, 6.07) is 0. The highest BCUT2D eigenvalue weighted by Gasteiger charge is 2.52. The van der Waals surface area contributed by atoms with Crippen molar-refractivity contribution in [2.75, 3.05) is 0 Å². The molecule has 86 valence electrons. The lowest BCUT2D eigenvalue weighted by Gasteiger charge is -2.42. The van der Waals surface area contributed by atoms with Crippen LogP contribution in [0.2, 0.25) is 0 Å². The van der Waals surface area contributed by atoms with Crippen molar-refractivity contribution in [3.05, 3.63) is 5.76 Å². The lowest BCUT2D eigenvalue weighted by atomic mass is 9.96. The van der Waals surface area contributed by atoms with Gasteiger partial charge in [-0.1, -0.05) is 0 Å². The number of ether oxygens (including phenoxy) is 1. The predicted molar refractivity (Wildman–Crippen MR) is 43.9 cm³/mol. The second-order valence-corrected chi connectivity index (χ2v) is 3.20. The van der Waals surface area contributed by atoms with Crippen LogP contribution in [0.4, 0.5) is 0 Å². The van der Waals surface area contributed by atoms with Crippen LogP contribution in [0.15, 0.2) is 5.76 Å². The number of hydrogen-bond acceptors (Lipinski definition) is 8. The van der Waals surface area contributed by atoms with Crippen LogP contribution in [0.5, 0.6) is 0 Å². The molecule has 1 saturated heterocycles. The first-order valence-corrected chi connectivity index (χ1v) is 3.98. The molecule has 0 aromatic carbocycles. The molecular formula is C7H11NO7. The second-order valence-electron chi connectivity index (χ2n) is 3.20. The average Bonchev–Trinajstić information content (AvgIpc) is 2.19. The maximum absolute atomic E-state index is 10.1. The Morgan fingerprint density at radius 1 is 1.33 bits per heavy atom. The quantitative estimate of drug-likeness (QED) is 0.150. The summed E-state index contributed by atoms with van der Waals surface area (Å²) in [4.78, 5) is 10.1. The van der Waals surface area contributed by atoms with Gasteiger partial charge in [0, 0.05) is 0 Å². The Balaban J connectivity index is 2.99. The summed E-state index contributed by atoms with van der Waals surface area (Å²) in [5, 5.41) is 45.8. The van der Waals surface area contributed by atoms with Crippen molar-refractivity contribution in [3.8, 4) is 0 Å². The van der Waals surface area contributed by atoms with Gasteiger partial charge in [-0.15, -0.1) is 0 Å². The van der Waals surface area contributed by atoms with Gasteiger partial charge < -0.3 is 30.3 Å². The highest BCUT2D eigenvalue weighted by Crippen LogP contribution is 2.26. The van der Waals surface area contributed by atoms with Crippen molar-refractivity contribution < 1.29 is 35.1 Å². The zero-order valence-electron chi connectivity index (χ0n) is 7.44. The molecule has 0 spiro atoms. The van der Waals surface area contributed by atoms with E-state index < -0.39 is 36.1 Å². The third kappa shape index (κ3) is 2.01. The summed E-state index contributed by atoms with van der Waals surface area (Å²) in [5.41, 5.74) is 5.01. The van der Waals surface area contributed by atoms with Crippen LogP contribution >= 0.6 is 0 Å². The number of aliphatic hydroxyl groups excluding tert-OH is 4. The lowest BCUT2D eigenvalue weighted by molar-refractivity contribution is -0.339. The van der Waals surface area contributed by atoms with Gasteiger partial charge in [0.2, 0.25) is 5.76 Å². The molecule has 0 aliphatic carbocycles. The van der Waals surface area contributed by atoms with Gasteiger partial charge in [0.25, 0.3) is 5.91 Å². The zero-order chi connectivity index (χ0) is 11.8. The third-order valence-electron chi connectivity index (χ3n) is 2.10. The predicted octanol–water partition coefficient (Wildman–Crippen LogP) is -3.65. The van der Waals surface area contributed by atoms with Crippen molar-refractivity contribution in [1.82, 2.24) is 0 Å². The average molecular weight is 221 g/mol. The third-order valence-corrected chi connectivity index (χ3v) is 2.10. The molecule has 0 radical (unpaired) electrons. The molecule has 1 aliphatic heterocycles. The lowest BCUT2D eigenvalue weighted by Crippen LogP contribution is -2.68. The van der Waals surface area contributed by atoms with Crippen LogP contribution in [-0.4, -0.2) is 61.8 Å². The second kappa shape index (κ2) is 3.87. The molecule has 0 saturated carbocycles. The number of carbonyl (C=O) groups excluding carboxylic acids is 1. The van der Waals surface area contributed by atoms with E-state index in [1.165, 1.54) is 0 Å². The standard InChI is InChI=1S/C7H11NO7/c8-7(14)6(13)4(12)3(11)5(15-7)2(10)1-9/h3-6,10-14H,8H2/t3-,4-,5+,6+,7?/m0/s1. The summed E-state index contributed by atoms with van der Waals surface area (Å²) in [7, 11) is 0. The van der Waals surface area contributed by atoms with Crippen LogP contribution < -0.4 is 5.73 Å². The van der Waals surface area contributed by atoms with E-state index >= 15 is 0 Å².